The molecule has 2 N–H and O–H groups in total. The number of aryl methyl sites for hydroxylation is 2. The number of benzene rings is 2. The number of nitrogens with zero attached hydrogens (tertiary/aromatic N) is 2. The average molecular weight is 462 g/mol. The van der Waals surface area contributed by atoms with Gasteiger partial charge in [-0.2, -0.15) is 5.10 Å². The number of halogens is 2. The summed E-state index contributed by atoms with van der Waals surface area (Å²) in [6.45, 7) is 5.92. The minimum Gasteiger partial charge on any atom is -0.491 e. The summed E-state index contributed by atoms with van der Waals surface area (Å²) in [5, 5.41) is 18.3. The molecule has 0 saturated heterocycles. The summed E-state index contributed by atoms with van der Waals surface area (Å²) in [5.41, 5.74) is 4.27. The highest BCUT2D eigenvalue weighted by Gasteiger charge is 2.17. The quantitative estimate of drug-likeness (QED) is 0.526. The zero-order chi connectivity index (χ0) is 22.5. The molecule has 0 aliphatic heterocycles. The van der Waals surface area contributed by atoms with E-state index < -0.39 is 6.10 Å². The number of hydrogen-bond donors (Lipinski definition) is 2. The van der Waals surface area contributed by atoms with E-state index in [1.54, 1.807) is 16.8 Å². The number of ether oxygens (including phenoxy) is 1. The van der Waals surface area contributed by atoms with Crippen molar-refractivity contribution >= 4 is 29.1 Å². The molecule has 3 aromatic rings. The van der Waals surface area contributed by atoms with Gasteiger partial charge in [-0.3, -0.25) is 4.79 Å². The molecule has 1 aromatic heterocycles. The third-order valence-electron chi connectivity index (χ3n) is 4.89. The van der Waals surface area contributed by atoms with Crippen molar-refractivity contribution < 1.29 is 14.6 Å². The lowest BCUT2D eigenvalue weighted by Crippen LogP contribution is -2.36. The van der Waals surface area contributed by atoms with Gasteiger partial charge in [0.1, 0.15) is 18.5 Å². The van der Waals surface area contributed by atoms with Crippen LogP contribution in [0.4, 0.5) is 0 Å². The second-order valence-electron chi connectivity index (χ2n) is 7.42. The zero-order valence-electron chi connectivity index (χ0n) is 17.7. The summed E-state index contributed by atoms with van der Waals surface area (Å²) in [6.07, 6.45) is -0.657. The van der Waals surface area contributed by atoms with E-state index in [4.69, 9.17) is 27.9 Å². The summed E-state index contributed by atoms with van der Waals surface area (Å²) in [7, 11) is 0. The lowest BCUT2D eigenvalue weighted by Gasteiger charge is -2.14. The fourth-order valence-electron chi connectivity index (χ4n) is 3.21. The molecule has 1 atom stereocenters. The van der Waals surface area contributed by atoms with Crippen LogP contribution in [-0.4, -0.2) is 40.0 Å². The molecule has 3 rings (SSSR count). The molecular weight excluding hydrogens is 437 g/mol. The lowest BCUT2D eigenvalue weighted by molar-refractivity contribution is -0.121. The third-order valence-corrected chi connectivity index (χ3v) is 5.63. The Morgan fingerprint density at radius 3 is 2.65 bits per heavy atom. The standard InChI is InChI=1S/C23H25Cl2N3O3/c1-14-5-4-6-19(9-14)31-13-18(29)12-26-23(30)11-20-15(2)27-28(16(20)3)17-7-8-21(24)22(25)10-17/h4-10,18,29H,11-13H2,1-3H3,(H,26,30). The van der Waals surface area contributed by atoms with E-state index in [-0.39, 0.29) is 25.5 Å². The molecule has 0 fully saturated rings. The molecule has 2 aromatic carbocycles. The molecule has 0 spiro atoms. The van der Waals surface area contributed by atoms with Crippen molar-refractivity contribution in [2.45, 2.75) is 33.3 Å². The van der Waals surface area contributed by atoms with Crippen LogP contribution in [0.5, 0.6) is 5.75 Å². The van der Waals surface area contributed by atoms with Gasteiger partial charge in [-0.15, -0.1) is 0 Å². The molecule has 31 heavy (non-hydrogen) atoms. The highest BCUT2D eigenvalue weighted by Crippen LogP contribution is 2.26. The van der Waals surface area contributed by atoms with E-state index in [0.29, 0.717) is 15.8 Å². The summed E-state index contributed by atoms with van der Waals surface area (Å²) >= 11 is 12.1. The van der Waals surface area contributed by atoms with E-state index in [2.05, 4.69) is 10.4 Å². The van der Waals surface area contributed by atoms with Crippen LogP contribution in [-0.2, 0) is 11.2 Å². The average Bonchev–Trinajstić information content (AvgIpc) is 3.01. The maximum Gasteiger partial charge on any atom is 0.224 e. The number of aliphatic hydroxyl groups excluding tert-OH is 1. The van der Waals surface area contributed by atoms with Gasteiger partial charge in [-0.25, -0.2) is 4.68 Å². The molecular formula is C23H25Cl2N3O3. The number of hydrogen-bond acceptors (Lipinski definition) is 4. The molecule has 1 amide bonds. The van der Waals surface area contributed by atoms with Gasteiger partial charge in [-0.05, 0) is 56.7 Å². The number of nitrogens with one attached hydrogen (secondary N) is 1. The van der Waals surface area contributed by atoms with Crippen LogP contribution in [0, 0.1) is 20.8 Å². The van der Waals surface area contributed by atoms with Gasteiger partial charge >= 0.3 is 0 Å². The highest BCUT2D eigenvalue weighted by atomic mass is 35.5. The van der Waals surface area contributed by atoms with E-state index in [9.17, 15) is 9.90 Å². The molecule has 1 unspecified atom stereocenters. The zero-order valence-corrected chi connectivity index (χ0v) is 19.2. The summed E-state index contributed by atoms with van der Waals surface area (Å²) in [4.78, 5) is 12.4. The second kappa shape index (κ2) is 10.2. The van der Waals surface area contributed by atoms with E-state index in [1.807, 2.05) is 51.1 Å². The Morgan fingerprint density at radius 1 is 1.16 bits per heavy atom. The van der Waals surface area contributed by atoms with Gasteiger partial charge in [0.15, 0.2) is 0 Å². The van der Waals surface area contributed by atoms with Crippen LogP contribution >= 0.6 is 23.2 Å². The lowest BCUT2D eigenvalue weighted by atomic mass is 10.1. The van der Waals surface area contributed by atoms with Gasteiger partial charge in [0.25, 0.3) is 0 Å². The summed E-state index contributed by atoms with van der Waals surface area (Å²) in [5.74, 6) is 0.487. The minimum absolute atomic E-state index is 0.0943. The van der Waals surface area contributed by atoms with Gasteiger partial charge in [-0.1, -0.05) is 35.3 Å². The van der Waals surface area contributed by atoms with Gasteiger partial charge < -0.3 is 15.2 Å². The number of carbonyl (C=O) groups is 1. The van der Waals surface area contributed by atoms with E-state index >= 15 is 0 Å². The second-order valence-corrected chi connectivity index (χ2v) is 8.24. The molecule has 0 saturated carbocycles. The Morgan fingerprint density at radius 2 is 1.94 bits per heavy atom. The smallest absolute Gasteiger partial charge is 0.224 e. The number of aromatic nitrogens is 2. The van der Waals surface area contributed by atoms with Crippen molar-refractivity contribution in [2.24, 2.45) is 0 Å². The summed E-state index contributed by atoms with van der Waals surface area (Å²) < 4.78 is 7.31. The Balaban J connectivity index is 1.56. The Hall–Kier alpha value is -2.54. The van der Waals surface area contributed by atoms with Crippen LogP contribution in [0.2, 0.25) is 10.0 Å². The van der Waals surface area contributed by atoms with Crippen molar-refractivity contribution in [1.29, 1.82) is 0 Å². The third kappa shape index (κ3) is 6.00. The van der Waals surface area contributed by atoms with Crippen LogP contribution < -0.4 is 10.1 Å². The molecule has 0 aliphatic rings. The Kier molecular flexibility index (Phi) is 7.59. The molecule has 8 heteroatoms. The van der Waals surface area contributed by atoms with Crippen molar-refractivity contribution in [3.63, 3.8) is 0 Å². The SMILES string of the molecule is Cc1cccc(OCC(O)CNC(=O)Cc2c(C)nn(-c3ccc(Cl)c(Cl)c3)c2C)c1. The Labute approximate surface area is 191 Å². The van der Waals surface area contributed by atoms with Crippen molar-refractivity contribution in [3.05, 3.63) is 75.0 Å². The summed E-state index contributed by atoms with van der Waals surface area (Å²) in [6, 6.07) is 12.8. The molecule has 0 bridgehead atoms. The largest absolute Gasteiger partial charge is 0.491 e. The van der Waals surface area contributed by atoms with E-state index in [1.165, 1.54) is 0 Å². The van der Waals surface area contributed by atoms with Crippen LogP contribution in [0.25, 0.3) is 5.69 Å². The fourth-order valence-corrected chi connectivity index (χ4v) is 3.50. The number of amides is 1. The molecule has 1 heterocycles. The van der Waals surface area contributed by atoms with Gasteiger partial charge in [0, 0.05) is 17.8 Å². The topological polar surface area (TPSA) is 76.4 Å². The first-order valence-electron chi connectivity index (χ1n) is 9.89. The van der Waals surface area contributed by atoms with Crippen LogP contribution in [0.15, 0.2) is 42.5 Å². The van der Waals surface area contributed by atoms with Gasteiger partial charge in [0.2, 0.25) is 5.91 Å². The molecule has 164 valence electrons. The number of carbonyl (C=O) groups excluding carboxylic acids is 1. The Bertz CT molecular complexity index is 1080. The van der Waals surface area contributed by atoms with Crippen molar-refractivity contribution in [1.82, 2.24) is 15.1 Å². The molecule has 0 aliphatic carbocycles. The number of aliphatic hydroxyl groups is 1. The monoisotopic (exact) mass is 461 g/mol. The number of rotatable bonds is 8. The predicted octanol–water partition coefficient (Wildman–Crippen LogP) is 4.20. The maximum atomic E-state index is 12.4. The van der Waals surface area contributed by atoms with E-state index in [0.717, 1.165) is 28.2 Å². The highest BCUT2D eigenvalue weighted by molar-refractivity contribution is 6.42. The minimum atomic E-state index is -0.814. The van der Waals surface area contributed by atoms with Crippen LogP contribution in [0.3, 0.4) is 0 Å². The first-order chi connectivity index (χ1) is 14.7. The van der Waals surface area contributed by atoms with Gasteiger partial charge in [0.05, 0.1) is 27.8 Å². The fraction of sp³-hybridized carbons (Fsp3) is 0.304. The first-order valence-corrected chi connectivity index (χ1v) is 10.6. The predicted molar refractivity (Wildman–Crippen MR) is 122 cm³/mol. The molecule has 6 nitrogen and oxygen atoms in total. The van der Waals surface area contributed by atoms with Crippen molar-refractivity contribution in [2.75, 3.05) is 13.2 Å². The van der Waals surface area contributed by atoms with Crippen LogP contribution in [0.1, 0.15) is 22.5 Å². The molecule has 0 radical (unpaired) electrons. The first kappa shape index (κ1) is 23.1. The maximum absolute atomic E-state index is 12.4. The normalized spacial score (nSPS) is 11.9. The van der Waals surface area contributed by atoms with Crippen molar-refractivity contribution in [3.8, 4) is 11.4 Å².